The largest absolute Gasteiger partial charge is 0.480 e. The van der Waals surface area contributed by atoms with Crippen LogP contribution in [-0.4, -0.2) is 34.9 Å². The van der Waals surface area contributed by atoms with Crippen molar-refractivity contribution in [1.29, 1.82) is 0 Å². The number of carbonyl (C=O) groups excluding carboxylic acids is 2. The van der Waals surface area contributed by atoms with E-state index in [9.17, 15) is 9.59 Å². The molecule has 0 saturated heterocycles. The third-order valence-corrected chi connectivity index (χ3v) is 4.06. The summed E-state index contributed by atoms with van der Waals surface area (Å²) in [4.78, 5) is 32.2. The number of hydrogen-bond acceptors (Lipinski definition) is 7. The SMILES string of the molecule is COc1nc(NC(C(N)=O)C(C)C)nc(Nc2cc(C)cc(C)c2)c1C(N)=O. The molecule has 0 spiro atoms. The van der Waals surface area contributed by atoms with Crippen LogP contribution in [0.5, 0.6) is 5.88 Å². The molecular weight excluding hydrogens is 360 g/mol. The number of carbonyl (C=O) groups is 2. The Bertz CT molecular complexity index is 877. The number of hydrogen-bond donors (Lipinski definition) is 4. The lowest BCUT2D eigenvalue weighted by Crippen LogP contribution is -2.40. The number of amides is 2. The van der Waals surface area contributed by atoms with Gasteiger partial charge in [-0.25, -0.2) is 0 Å². The number of primary amides is 2. The Labute approximate surface area is 163 Å². The van der Waals surface area contributed by atoms with E-state index in [0.29, 0.717) is 0 Å². The number of methoxy groups -OCH3 is 1. The summed E-state index contributed by atoms with van der Waals surface area (Å²) < 4.78 is 5.23. The first kappa shape index (κ1) is 20.9. The summed E-state index contributed by atoms with van der Waals surface area (Å²) in [6.45, 7) is 7.60. The highest BCUT2D eigenvalue weighted by atomic mass is 16.5. The minimum atomic E-state index is -0.745. The van der Waals surface area contributed by atoms with Crippen molar-refractivity contribution in [3.05, 3.63) is 34.9 Å². The molecule has 0 saturated carbocycles. The topological polar surface area (TPSA) is 145 Å². The monoisotopic (exact) mass is 386 g/mol. The van der Waals surface area contributed by atoms with Gasteiger partial charge in [0, 0.05) is 5.69 Å². The molecule has 1 aromatic heterocycles. The Morgan fingerprint density at radius 3 is 2.14 bits per heavy atom. The fourth-order valence-electron chi connectivity index (χ4n) is 2.85. The van der Waals surface area contributed by atoms with Crippen LogP contribution in [0.1, 0.15) is 35.3 Å². The molecule has 0 aliphatic heterocycles. The van der Waals surface area contributed by atoms with Crippen LogP contribution in [0.3, 0.4) is 0 Å². The Balaban J connectivity index is 2.54. The second kappa shape index (κ2) is 8.55. The Hall–Kier alpha value is -3.36. The number of nitrogens with two attached hydrogens (primary N) is 2. The molecule has 2 rings (SSSR count). The van der Waals surface area contributed by atoms with Gasteiger partial charge in [-0.15, -0.1) is 0 Å². The van der Waals surface area contributed by atoms with Crippen LogP contribution in [0.15, 0.2) is 18.2 Å². The van der Waals surface area contributed by atoms with Crippen molar-refractivity contribution in [1.82, 2.24) is 9.97 Å². The zero-order valence-corrected chi connectivity index (χ0v) is 16.7. The van der Waals surface area contributed by atoms with Crippen LogP contribution in [-0.2, 0) is 4.79 Å². The number of rotatable bonds is 8. The lowest BCUT2D eigenvalue weighted by molar-refractivity contribution is -0.119. The van der Waals surface area contributed by atoms with E-state index in [1.807, 2.05) is 45.9 Å². The Morgan fingerprint density at radius 1 is 1.07 bits per heavy atom. The first-order valence-corrected chi connectivity index (χ1v) is 8.79. The Morgan fingerprint density at radius 2 is 1.68 bits per heavy atom. The molecule has 9 heteroatoms. The smallest absolute Gasteiger partial charge is 0.258 e. The van der Waals surface area contributed by atoms with Gasteiger partial charge in [-0.05, 0) is 43.0 Å². The summed E-state index contributed by atoms with van der Waals surface area (Å²) in [5.41, 5.74) is 13.8. The van der Waals surface area contributed by atoms with Gasteiger partial charge in [-0.2, -0.15) is 9.97 Å². The highest BCUT2D eigenvalue weighted by molar-refractivity contribution is 6.00. The maximum Gasteiger partial charge on any atom is 0.258 e. The lowest BCUT2D eigenvalue weighted by Gasteiger charge is -2.20. The van der Waals surface area contributed by atoms with Crippen LogP contribution in [0.4, 0.5) is 17.5 Å². The van der Waals surface area contributed by atoms with E-state index >= 15 is 0 Å². The molecule has 28 heavy (non-hydrogen) atoms. The predicted octanol–water partition coefficient (Wildman–Crippen LogP) is 1.87. The summed E-state index contributed by atoms with van der Waals surface area (Å²) in [5.74, 6) is -1.14. The molecule has 2 aromatic rings. The van der Waals surface area contributed by atoms with E-state index in [4.69, 9.17) is 16.2 Å². The summed E-state index contributed by atoms with van der Waals surface area (Å²) in [6, 6.07) is 5.13. The molecule has 1 unspecified atom stereocenters. The fourth-order valence-corrected chi connectivity index (χ4v) is 2.85. The number of nitrogens with zero attached hydrogens (tertiary/aromatic N) is 2. The van der Waals surface area contributed by atoms with Crippen molar-refractivity contribution in [2.45, 2.75) is 33.7 Å². The van der Waals surface area contributed by atoms with Crippen LogP contribution < -0.4 is 26.8 Å². The van der Waals surface area contributed by atoms with Crippen LogP contribution in [0.25, 0.3) is 0 Å². The molecule has 9 nitrogen and oxygen atoms in total. The first-order valence-electron chi connectivity index (χ1n) is 8.79. The quantitative estimate of drug-likeness (QED) is 0.542. The number of aryl methyl sites for hydroxylation is 2. The summed E-state index contributed by atoms with van der Waals surface area (Å²) in [5, 5.41) is 5.99. The summed E-state index contributed by atoms with van der Waals surface area (Å²) in [6.07, 6.45) is 0. The standard InChI is InChI=1S/C19H26N6O3/c1-9(2)14(16(21)27)23-19-24-17(13(15(20)26)18(25-19)28-5)22-12-7-10(3)6-11(4)8-12/h6-9,14H,1-5H3,(H2,20,26)(H2,21,27)(H2,22,23,24,25). The zero-order valence-electron chi connectivity index (χ0n) is 16.7. The number of anilines is 3. The first-order chi connectivity index (χ1) is 13.1. The normalized spacial score (nSPS) is 11.8. The van der Waals surface area contributed by atoms with Gasteiger partial charge >= 0.3 is 0 Å². The highest BCUT2D eigenvalue weighted by Crippen LogP contribution is 2.28. The van der Waals surface area contributed by atoms with E-state index < -0.39 is 17.9 Å². The van der Waals surface area contributed by atoms with Gasteiger partial charge in [0.1, 0.15) is 11.6 Å². The average molecular weight is 386 g/mol. The third kappa shape index (κ3) is 4.87. The molecule has 0 radical (unpaired) electrons. The number of nitrogens with one attached hydrogen (secondary N) is 2. The Kier molecular flexibility index (Phi) is 6.40. The second-order valence-electron chi connectivity index (χ2n) is 6.91. The molecule has 2 amide bonds. The van der Waals surface area contributed by atoms with Gasteiger partial charge in [0.05, 0.1) is 7.11 Å². The highest BCUT2D eigenvalue weighted by Gasteiger charge is 2.24. The van der Waals surface area contributed by atoms with Crippen LogP contribution in [0.2, 0.25) is 0 Å². The number of benzene rings is 1. The van der Waals surface area contributed by atoms with Gasteiger partial charge in [0.15, 0.2) is 5.82 Å². The molecule has 6 N–H and O–H groups in total. The van der Waals surface area contributed by atoms with Crippen molar-refractivity contribution in [3.63, 3.8) is 0 Å². The average Bonchev–Trinajstić information content (AvgIpc) is 2.57. The van der Waals surface area contributed by atoms with Gasteiger partial charge in [0.2, 0.25) is 17.7 Å². The molecule has 0 aliphatic rings. The molecule has 0 aliphatic carbocycles. The minimum absolute atomic E-state index is 0.00683. The fraction of sp³-hybridized carbons (Fsp3) is 0.368. The summed E-state index contributed by atoms with van der Waals surface area (Å²) in [7, 11) is 1.37. The van der Waals surface area contributed by atoms with Crippen LogP contribution in [0, 0.1) is 19.8 Å². The minimum Gasteiger partial charge on any atom is -0.480 e. The maximum atomic E-state index is 12.0. The van der Waals surface area contributed by atoms with E-state index in [2.05, 4.69) is 20.6 Å². The van der Waals surface area contributed by atoms with Crippen molar-refractivity contribution in [3.8, 4) is 5.88 Å². The van der Waals surface area contributed by atoms with E-state index in [-0.39, 0.29) is 29.1 Å². The van der Waals surface area contributed by atoms with Crippen molar-refractivity contribution >= 4 is 29.3 Å². The maximum absolute atomic E-state index is 12.0. The third-order valence-electron chi connectivity index (χ3n) is 4.06. The number of aromatic nitrogens is 2. The molecule has 150 valence electrons. The molecule has 1 atom stereocenters. The van der Waals surface area contributed by atoms with Gasteiger partial charge < -0.3 is 26.8 Å². The van der Waals surface area contributed by atoms with Crippen molar-refractivity contribution < 1.29 is 14.3 Å². The lowest BCUT2D eigenvalue weighted by atomic mass is 10.0. The summed E-state index contributed by atoms with van der Waals surface area (Å²) >= 11 is 0. The molecule has 0 fully saturated rings. The van der Waals surface area contributed by atoms with E-state index in [1.54, 1.807) is 0 Å². The second-order valence-corrected chi connectivity index (χ2v) is 6.91. The van der Waals surface area contributed by atoms with E-state index in [0.717, 1.165) is 16.8 Å². The molecule has 1 heterocycles. The predicted molar refractivity (Wildman–Crippen MR) is 108 cm³/mol. The molecule has 1 aromatic carbocycles. The van der Waals surface area contributed by atoms with Gasteiger partial charge in [0.25, 0.3) is 5.91 Å². The van der Waals surface area contributed by atoms with Crippen molar-refractivity contribution in [2.75, 3.05) is 17.7 Å². The van der Waals surface area contributed by atoms with Gasteiger partial charge in [-0.3, -0.25) is 9.59 Å². The van der Waals surface area contributed by atoms with Crippen LogP contribution >= 0.6 is 0 Å². The number of ether oxygens (including phenoxy) is 1. The molecular formula is C19H26N6O3. The van der Waals surface area contributed by atoms with E-state index in [1.165, 1.54) is 7.11 Å². The van der Waals surface area contributed by atoms with Gasteiger partial charge in [-0.1, -0.05) is 19.9 Å². The van der Waals surface area contributed by atoms with Crippen molar-refractivity contribution in [2.24, 2.45) is 17.4 Å². The molecule has 0 bridgehead atoms. The zero-order chi connectivity index (χ0) is 21.0.